The lowest BCUT2D eigenvalue weighted by atomic mass is 9.79. The summed E-state index contributed by atoms with van der Waals surface area (Å²) in [6, 6.07) is 4.48. The molecule has 4 N–H and O–H groups in total. The number of hydrogen-bond donors (Lipinski definition) is 2. The summed E-state index contributed by atoms with van der Waals surface area (Å²) in [5.41, 5.74) is 15.6. The van der Waals surface area contributed by atoms with Gasteiger partial charge in [0, 0.05) is 4.47 Å². The van der Waals surface area contributed by atoms with Crippen LogP contribution in [0.1, 0.15) is 36.5 Å². The molecule has 2 atom stereocenters. The Labute approximate surface area is 119 Å². The average Bonchev–Trinajstić information content (AvgIpc) is 2.34. The van der Waals surface area contributed by atoms with Crippen molar-refractivity contribution in [3.63, 3.8) is 0 Å². The maximum atomic E-state index is 5.80. The zero-order valence-corrected chi connectivity index (χ0v) is 13.4. The summed E-state index contributed by atoms with van der Waals surface area (Å²) < 4.78 is 1.19. The number of nitrogens with two attached hydrogens (primary N) is 2. The summed E-state index contributed by atoms with van der Waals surface area (Å²) in [7, 11) is 0. The van der Waals surface area contributed by atoms with Crippen LogP contribution in [0.15, 0.2) is 16.6 Å². The van der Waals surface area contributed by atoms with Gasteiger partial charge in [0.15, 0.2) is 0 Å². The van der Waals surface area contributed by atoms with Gasteiger partial charge in [-0.1, -0.05) is 35.8 Å². The van der Waals surface area contributed by atoms with Gasteiger partial charge < -0.3 is 11.5 Å². The van der Waals surface area contributed by atoms with Crippen molar-refractivity contribution in [3.8, 4) is 0 Å². The lowest BCUT2D eigenvalue weighted by molar-refractivity contribution is 0.328. The third-order valence-electron chi connectivity index (χ3n) is 4.24. The molecule has 0 radical (unpaired) electrons. The molecule has 1 aromatic carbocycles. The Bertz CT molecular complexity index is 400. The molecule has 0 aliphatic rings. The van der Waals surface area contributed by atoms with Gasteiger partial charge in [0.2, 0.25) is 0 Å². The van der Waals surface area contributed by atoms with Gasteiger partial charge in [-0.15, -0.1) is 0 Å². The smallest absolute Gasteiger partial charge is 0.0212 e. The van der Waals surface area contributed by atoms with Crippen molar-refractivity contribution in [2.24, 2.45) is 23.3 Å². The van der Waals surface area contributed by atoms with Crippen LogP contribution in [0.3, 0.4) is 0 Å². The normalized spacial score (nSPS) is 14.9. The van der Waals surface area contributed by atoms with Crippen LogP contribution in [-0.2, 0) is 0 Å². The second-order valence-electron chi connectivity index (χ2n) is 5.34. The molecule has 0 aromatic heterocycles. The van der Waals surface area contributed by atoms with Crippen LogP contribution in [0.5, 0.6) is 0 Å². The van der Waals surface area contributed by atoms with E-state index in [1.54, 1.807) is 0 Å². The molecule has 1 rings (SSSR count). The third-order valence-corrected chi connectivity index (χ3v) is 4.93. The van der Waals surface area contributed by atoms with Crippen LogP contribution in [0, 0.1) is 25.7 Å². The minimum Gasteiger partial charge on any atom is -0.330 e. The molecular formula is C15H25BrN2. The Hall–Kier alpha value is -0.380. The maximum Gasteiger partial charge on any atom is 0.0212 e. The number of halogens is 1. The molecule has 0 bridgehead atoms. The van der Waals surface area contributed by atoms with Crippen LogP contribution in [0.4, 0.5) is 0 Å². The highest BCUT2D eigenvalue weighted by atomic mass is 79.9. The molecule has 3 heteroatoms. The molecule has 0 spiro atoms. The van der Waals surface area contributed by atoms with Crippen molar-refractivity contribution >= 4 is 15.9 Å². The number of rotatable bonds is 5. The Morgan fingerprint density at radius 1 is 1.06 bits per heavy atom. The summed E-state index contributed by atoms with van der Waals surface area (Å²) in [5, 5.41) is 0. The van der Waals surface area contributed by atoms with Gasteiger partial charge in [-0.2, -0.15) is 0 Å². The Balaban J connectivity index is 3.03. The molecule has 0 saturated heterocycles. The van der Waals surface area contributed by atoms with Crippen LogP contribution in [-0.4, -0.2) is 13.1 Å². The number of aryl methyl sites for hydroxylation is 2. The van der Waals surface area contributed by atoms with Crippen LogP contribution < -0.4 is 11.5 Å². The fourth-order valence-electron chi connectivity index (χ4n) is 2.37. The van der Waals surface area contributed by atoms with Crippen molar-refractivity contribution in [1.82, 2.24) is 0 Å². The SMILES string of the molecule is Cc1cc(Br)c(C(C)C(C)C(CN)CN)cc1C. The Morgan fingerprint density at radius 2 is 1.56 bits per heavy atom. The highest BCUT2D eigenvalue weighted by Crippen LogP contribution is 2.35. The summed E-state index contributed by atoms with van der Waals surface area (Å²) in [6.07, 6.45) is 0. The quantitative estimate of drug-likeness (QED) is 0.876. The maximum absolute atomic E-state index is 5.80. The standard InChI is InChI=1S/C15H25BrN2/c1-9-5-14(15(16)6-10(9)2)12(4)11(3)13(7-17)8-18/h5-6,11-13H,7-8,17-18H2,1-4H3. The molecule has 0 heterocycles. The lowest BCUT2D eigenvalue weighted by Crippen LogP contribution is -2.31. The highest BCUT2D eigenvalue weighted by molar-refractivity contribution is 9.10. The molecule has 1 aromatic rings. The van der Waals surface area contributed by atoms with Gasteiger partial charge in [-0.05, 0) is 67.4 Å². The molecular weight excluding hydrogens is 288 g/mol. The minimum atomic E-state index is 0.383. The zero-order chi connectivity index (χ0) is 13.9. The van der Waals surface area contributed by atoms with Gasteiger partial charge in [-0.25, -0.2) is 0 Å². The predicted octanol–water partition coefficient (Wildman–Crippen LogP) is 3.34. The average molecular weight is 313 g/mol. The van der Waals surface area contributed by atoms with Gasteiger partial charge in [0.1, 0.15) is 0 Å². The molecule has 102 valence electrons. The van der Waals surface area contributed by atoms with E-state index in [2.05, 4.69) is 55.8 Å². The summed E-state index contributed by atoms with van der Waals surface area (Å²) in [4.78, 5) is 0. The first-order valence-electron chi connectivity index (χ1n) is 6.59. The van der Waals surface area contributed by atoms with Crippen molar-refractivity contribution in [2.45, 2.75) is 33.6 Å². The van der Waals surface area contributed by atoms with Gasteiger partial charge in [0.05, 0.1) is 0 Å². The van der Waals surface area contributed by atoms with Crippen molar-refractivity contribution in [2.75, 3.05) is 13.1 Å². The monoisotopic (exact) mass is 312 g/mol. The van der Waals surface area contributed by atoms with E-state index in [1.807, 2.05) is 0 Å². The van der Waals surface area contributed by atoms with E-state index in [-0.39, 0.29) is 0 Å². The number of benzene rings is 1. The fourth-order valence-corrected chi connectivity index (χ4v) is 3.19. The van der Waals surface area contributed by atoms with E-state index in [4.69, 9.17) is 11.5 Å². The first kappa shape index (κ1) is 15.7. The van der Waals surface area contributed by atoms with E-state index in [0.29, 0.717) is 30.8 Å². The second kappa shape index (κ2) is 6.69. The summed E-state index contributed by atoms with van der Waals surface area (Å²) in [6.45, 7) is 10.1. The second-order valence-corrected chi connectivity index (χ2v) is 6.19. The molecule has 0 amide bonds. The topological polar surface area (TPSA) is 52.0 Å². The van der Waals surface area contributed by atoms with E-state index >= 15 is 0 Å². The predicted molar refractivity (Wildman–Crippen MR) is 82.8 cm³/mol. The van der Waals surface area contributed by atoms with Gasteiger partial charge >= 0.3 is 0 Å². The van der Waals surface area contributed by atoms with E-state index in [1.165, 1.54) is 21.2 Å². The van der Waals surface area contributed by atoms with Crippen LogP contribution in [0.25, 0.3) is 0 Å². The van der Waals surface area contributed by atoms with Crippen molar-refractivity contribution < 1.29 is 0 Å². The minimum absolute atomic E-state index is 0.383. The lowest BCUT2D eigenvalue weighted by Gasteiger charge is -2.28. The molecule has 2 nitrogen and oxygen atoms in total. The van der Waals surface area contributed by atoms with Crippen molar-refractivity contribution in [1.29, 1.82) is 0 Å². The van der Waals surface area contributed by atoms with E-state index in [0.717, 1.165) is 0 Å². The third kappa shape index (κ3) is 3.34. The fraction of sp³-hybridized carbons (Fsp3) is 0.600. The molecule has 0 aliphatic carbocycles. The molecule has 18 heavy (non-hydrogen) atoms. The molecule has 2 unspecified atom stereocenters. The summed E-state index contributed by atoms with van der Waals surface area (Å²) >= 11 is 3.68. The molecule has 0 saturated carbocycles. The highest BCUT2D eigenvalue weighted by Gasteiger charge is 2.23. The van der Waals surface area contributed by atoms with Crippen LogP contribution >= 0.6 is 15.9 Å². The number of hydrogen-bond acceptors (Lipinski definition) is 2. The van der Waals surface area contributed by atoms with Crippen molar-refractivity contribution in [3.05, 3.63) is 33.3 Å². The molecule has 0 fully saturated rings. The summed E-state index contributed by atoms with van der Waals surface area (Å²) in [5.74, 6) is 1.32. The van der Waals surface area contributed by atoms with Crippen LogP contribution in [0.2, 0.25) is 0 Å². The Morgan fingerprint density at radius 3 is 2.06 bits per heavy atom. The first-order chi connectivity index (χ1) is 8.42. The van der Waals surface area contributed by atoms with E-state index in [9.17, 15) is 0 Å². The molecule has 0 aliphatic heterocycles. The zero-order valence-electron chi connectivity index (χ0n) is 11.8. The van der Waals surface area contributed by atoms with E-state index < -0.39 is 0 Å². The first-order valence-corrected chi connectivity index (χ1v) is 7.38. The Kier molecular flexibility index (Phi) is 5.83. The van der Waals surface area contributed by atoms with Gasteiger partial charge in [-0.3, -0.25) is 0 Å². The largest absolute Gasteiger partial charge is 0.330 e. The van der Waals surface area contributed by atoms with Gasteiger partial charge in [0.25, 0.3) is 0 Å².